The summed E-state index contributed by atoms with van der Waals surface area (Å²) in [5, 5.41) is 12.0. The molecule has 0 heterocycles. The molecule has 0 unspecified atom stereocenters. The van der Waals surface area contributed by atoms with Gasteiger partial charge in [0.05, 0.1) is 5.69 Å². The van der Waals surface area contributed by atoms with E-state index in [-0.39, 0.29) is 37.0 Å². The third-order valence-electron chi connectivity index (χ3n) is 5.46. The fourth-order valence-electron chi connectivity index (χ4n) is 3.70. The Hall–Kier alpha value is -2.47. The van der Waals surface area contributed by atoms with Crippen LogP contribution in [0.4, 0.5) is 24.5 Å². The van der Waals surface area contributed by atoms with Crippen molar-refractivity contribution in [3.63, 3.8) is 0 Å². The summed E-state index contributed by atoms with van der Waals surface area (Å²) in [6.07, 6.45) is -2.00. The molecule has 0 amide bonds. The van der Waals surface area contributed by atoms with Crippen LogP contribution in [0.15, 0.2) is 53.2 Å². The van der Waals surface area contributed by atoms with Crippen LogP contribution in [-0.2, 0) is 37.1 Å². The van der Waals surface area contributed by atoms with Crippen LogP contribution in [0.3, 0.4) is 0 Å². The number of benzene rings is 2. The topological polar surface area (TPSA) is 63.8 Å². The van der Waals surface area contributed by atoms with Crippen LogP contribution in [0.2, 0.25) is 0 Å². The van der Waals surface area contributed by atoms with Gasteiger partial charge in [-0.05, 0) is 35.8 Å². The van der Waals surface area contributed by atoms with Gasteiger partial charge in [0.15, 0.2) is 0 Å². The first kappa shape index (κ1) is 34.5. The van der Waals surface area contributed by atoms with E-state index in [0.717, 1.165) is 53.8 Å². The molecule has 0 atom stereocenters. The molecule has 0 saturated heterocycles. The molecule has 0 aliphatic carbocycles. The minimum atomic E-state index is -4.59. The molecule has 0 aliphatic heterocycles. The van der Waals surface area contributed by atoms with Gasteiger partial charge < -0.3 is 10.4 Å². The Morgan fingerprint density at radius 2 is 1.35 bits per heavy atom. The van der Waals surface area contributed by atoms with E-state index in [1.54, 1.807) is 6.92 Å². The number of aliphatic carboxylic acids is 1. The number of hydrogen-bond acceptors (Lipinski definition) is 2. The van der Waals surface area contributed by atoms with E-state index in [4.69, 9.17) is 9.90 Å². The molecular formula is C29H38F3N2O2Zn-. The van der Waals surface area contributed by atoms with Crippen molar-refractivity contribution >= 4 is 23.1 Å². The van der Waals surface area contributed by atoms with Gasteiger partial charge in [-0.1, -0.05) is 102 Å². The summed E-state index contributed by atoms with van der Waals surface area (Å²) in [6.45, 7) is 14.6. The molecule has 0 fully saturated rings. The van der Waals surface area contributed by atoms with E-state index in [1.165, 1.54) is 0 Å². The maximum Gasteiger partial charge on any atom is 0.433 e. The molecule has 200 valence electrons. The van der Waals surface area contributed by atoms with Crippen LogP contribution < -0.4 is 0 Å². The van der Waals surface area contributed by atoms with Crippen LogP contribution in [0.25, 0.3) is 5.32 Å². The third kappa shape index (κ3) is 10.8. The largest absolute Gasteiger partial charge is 0.661 e. The van der Waals surface area contributed by atoms with Gasteiger partial charge in [-0.15, -0.1) is 5.69 Å². The van der Waals surface area contributed by atoms with Gasteiger partial charge in [0.25, 0.3) is 5.97 Å². The molecule has 0 radical (unpaired) electrons. The molecule has 0 aromatic heterocycles. The molecule has 2 aromatic carbocycles. The van der Waals surface area contributed by atoms with Gasteiger partial charge in [0.2, 0.25) is 0 Å². The molecule has 0 aliphatic rings. The maximum absolute atomic E-state index is 14.0. The number of rotatable bonds is 8. The number of para-hydroxylation sites is 2. The number of aliphatic imine (C=N–C) groups is 1. The first-order chi connectivity index (χ1) is 16.7. The summed E-state index contributed by atoms with van der Waals surface area (Å²) in [6, 6.07) is 11.5. The summed E-state index contributed by atoms with van der Waals surface area (Å²) in [7, 11) is 0. The number of hydrogen-bond donors (Lipinski definition) is 1. The van der Waals surface area contributed by atoms with Crippen molar-refractivity contribution in [2.24, 2.45) is 4.99 Å². The van der Waals surface area contributed by atoms with E-state index in [1.807, 2.05) is 77.9 Å². The van der Waals surface area contributed by atoms with Crippen molar-refractivity contribution in [2.75, 3.05) is 0 Å². The number of carboxylic acid groups (broad SMARTS) is 1. The summed E-state index contributed by atoms with van der Waals surface area (Å²) < 4.78 is 42.1. The summed E-state index contributed by atoms with van der Waals surface area (Å²) in [5.74, 6) is -0.722. The van der Waals surface area contributed by atoms with E-state index in [9.17, 15) is 13.2 Å². The van der Waals surface area contributed by atoms with E-state index < -0.39 is 17.9 Å². The van der Waals surface area contributed by atoms with Crippen LogP contribution in [0.1, 0.15) is 89.5 Å². The minimum Gasteiger partial charge on any atom is -0.661 e. The second kappa shape index (κ2) is 15.7. The van der Waals surface area contributed by atoms with Gasteiger partial charge in [0.1, 0.15) is 5.71 Å². The SMILES string of the molecule is CC(=O)O.CCc1cccc(CC)c1[N-]/C(C)=C\C(=Nc1c(C(C)C)cccc1C(C)C)C(F)(F)F.[Zn]. The first-order valence-corrected chi connectivity index (χ1v) is 12.2. The van der Waals surface area contributed by atoms with Crippen molar-refractivity contribution in [1.82, 2.24) is 0 Å². The van der Waals surface area contributed by atoms with Crippen molar-refractivity contribution in [3.05, 3.63) is 75.7 Å². The van der Waals surface area contributed by atoms with E-state index in [2.05, 4.69) is 10.3 Å². The van der Waals surface area contributed by atoms with Crippen molar-refractivity contribution in [3.8, 4) is 0 Å². The van der Waals surface area contributed by atoms with Crippen LogP contribution in [0, 0.1) is 0 Å². The minimum absolute atomic E-state index is 0. The molecule has 0 saturated carbocycles. The molecule has 2 rings (SSSR count). The average molecular weight is 569 g/mol. The number of halogens is 3. The number of aryl methyl sites for hydroxylation is 2. The second-order valence-corrected chi connectivity index (χ2v) is 9.14. The Bertz CT molecular complexity index is 1040. The number of carboxylic acids is 1. The zero-order chi connectivity index (χ0) is 27.6. The van der Waals surface area contributed by atoms with E-state index >= 15 is 0 Å². The van der Waals surface area contributed by atoms with Crippen LogP contribution >= 0.6 is 0 Å². The molecule has 2 aromatic rings. The van der Waals surface area contributed by atoms with Crippen molar-refractivity contribution < 1.29 is 42.6 Å². The average Bonchev–Trinajstić information content (AvgIpc) is 2.77. The molecule has 8 heteroatoms. The van der Waals surface area contributed by atoms with Gasteiger partial charge in [-0.2, -0.15) is 18.9 Å². The van der Waals surface area contributed by atoms with Crippen molar-refractivity contribution in [2.45, 2.75) is 86.2 Å². The number of carbonyl (C=O) groups is 1. The Balaban J connectivity index is 0.00000241. The smallest absolute Gasteiger partial charge is 0.433 e. The summed E-state index contributed by atoms with van der Waals surface area (Å²) in [4.78, 5) is 13.2. The molecule has 37 heavy (non-hydrogen) atoms. The second-order valence-electron chi connectivity index (χ2n) is 9.14. The first-order valence-electron chi connectivity index (χ1n) is 12.2. The molecular weight excluding hydrogens is 531 g/mol. The number of nitrogens with zero attached hydrogens (tertiary/aromatic N) is 2. The number of allylic oxidation sites excluding steroid dienone is 2. The quantitative estimate of drug-likeness (QED) is 0.255. The summed E-state index contributed by atoms with van der Waals surface area (Å²) in [5.41, 5.74) is 4.20. The third-order valence-corrected chi connectivity index (χ3v) is 5.46. The predicted octanol–water partition coefficient (Wildman–Crippen LogP) is 9.39. The predicted molar refractivity (Wildman–Crippen MR) is 143 cm³/mol. The standard InChI is InChI=1S/C27H34F3N2.C2H4O2.Zn/c1-8-20-12-10-13-21(9-2)25(20)31-19(7)16-24(27(28,29)30)32-26-22(17(3)4)14-11-15-23(26)18(5)6;1-2(3)4;/h10-18H,8-9H2,1-7H3;1H3,(H,3,4);/q-1;;/b19-16-,32-24?;;. The number of alkyl halides is 3. The maximum atomic E-state index is 14.0. The van der Waals surface area contributed by atoms with Gasteiger partial charge in [-0.3, -0.25) is 4.79 Å². The Labute approximate surface area is 232 Å². The summed E-state index contributed by atoms with van der Waals surface area (Å²) >= 11 is 0. The Morgan fingerprint density at radius 1 is 0.946 bits per heavy atom. The van der Waals surface area contributed by atoms with Gasteiger partial charge in [-0.25, -0.2) is 4.99 Å². The Kier molecular flexibility index (Phi) is 14.7. The van der Waals surface area contributed by atoms with Gasteiger partial charge >= 0.3 is 6.18 Å². The zero-order valence-corrected chi connectivity index (χ0v) is 26.2. The zero-order valence-electron chi connectivity index (χ0n) is 23.2. The van der Waals surface area contributed by atoms with E-state index in [0.29, 0.717) is 5.69 Å². The monoisotopic (exact) mass is 567 g/mol. The van der Waals surface area contributed by atoms with Crippen LogP contribution in [0.5, 0.6) is 0 Å². The molecule has 4 nitrogen and oxygen atoms in total. The fourth-order valence-corrected chi connectivity index (χ4v) is 3.70. The van der Waals surface area contributed by atoms with Crippen molar-refractivity contribution in [1.29, 1.82) is 0 Å². The molecule has 0 bridgehead atoms. The Morgan fingerprint density at radius 3 is 1.70 bits per heavy atom. The molecule has 0 spiro atoms. The van der Waals surface area contributed by atoms with Crippen LogP contribution in [-0.4, -0.2) is 23.0 Å². The molecule has 1 N–H and O–H groups in total. The van der Waals surface area contributed by atoms with Gasteiger partial charge in [0, 0.05) is 26.4 Å². The normalized spacial score (nSPS) is 12.1. The fraction of sp³-hybridized carbons (Fsp3) is 0.448.